The van der Waals surface area contributed by atoms with E-state index in [0.29, 0.717) is 6.42 Å². The van der Waals surface area contributed by atoms with Crippen LogP contribution < -0.4 is 0 Å². The van der Waals surface area contributed by atoms with E-state index in [2.05, 4.69) is 38.6 Å². The smallest absolute Gasteiger partial charge is 0.0502 e. The van der Waals surface area contributed by atoms with Gasteiger partial charge in [-0.25, -0.2) is 0 Å². The highest BCUT2D eigenvalue weighted by atomic mass is 79.9. The summed E-state index contributed by atoms with van der Waals surface area (Å²) in [5.74, 6) is 2.68. The number of fused-ring (bicyclic) bond motifs is 1. The van der Waals surface area contributed by atoms with Crippen LogP contribution in [-0.2, 0) is 13.5 Å². The highest BCUT2D eigenvalue weighted by Gasteiger charge is 2.10. The third kappa shape index (κ3) is 1.25. The first kappa shape index (κ1) is 9.36. The molecule has 0 fully saturated rings. The molecule has 0 saturated carbocycles. The summed E-state index contributed by atoms with van der Waals surface area (Å²) in [5, 5.41) is 1.22. The topological polar surface area (TPSA) is 4.93 Å². The number of rotatable bonds is 1. The number of terminal acetylenes is 1. The second kappa shape index (κ2) is 3.51. The molecule has 2 rings (SSSR count). The largest absolute Gasteiger partial charge is 0.346 e. The van der Waals surface area contributed by atoms with Gasteiger partial charge in [0.25, 0.3) is 0 Å². The van der Waals surface area contributed by atoms with Crippen molar-refractivity contribution in [2.75, 3.05) is 0 Å². The highest BCUT2D eigenvalue weighted by Crippen LogP contribution is 2.30. The molecule has 0 N–H and O–H groups in total. The monoisotopic (exact) mass is 247 g/mol. The zero-order valence-electron chi connectivity index (χ0n) is 7.92. The quantitative estimate of drug-likeness (QED) is 0.683. The summed E-state index contributed by atoms with van der Waals surface area (Å²) >= 11 is 3.59. The molecule has 2 aromatic rings. The van der Waals surface area contributed by atoms with Gasteiger partial charge in [0.05, 0.1) is 6.42 Å². The fourth-order valence-corrected chi connectivity index (χ4v) is 2.43. The first-order chi connectivity index (χ1) is 6.75. The van der Waals surface area contributed by atoms with Gasteiger partial charge in [0, 0.05) is 28.1 Å². The molecule has 0 atom stereocenters. The number of nitrogens with zero attached hydrogens (tertiary/aromatic N) is 1. The van der Waals surface area contributed by atoms with E-state index in [4.69, 9.17) is 6.42 Å². The Hall–Kier alpha value is -1.20. The van der Waals surface area contributed by atoms with Gasteiger partial charge in [0.2, 0.25) is 0 Å². The fraction of sp³-hybridized carbons (Fsp3) is 0.167. The Kier molecular flexibility index (Phi) is 2.35. The van der Waals surface area contributed by atoms with Gasteiger partial charge in [0.15, 0.2) is 0 Å². The molecule has 1 aromatic heterocycles. The van der Waals surface area contributed by atoms with Crippen LogP contribution in [0.1, 0.15) is 5.69 Å². The maximum Gasteiger partial charge on any atom is 0.0502 e. The summed E-state index contributed by atoms with van der Waals surface area (Å²) in [7, 11) is 2.04. The van der Waals surface area contributed by atoms with Gasteiger partial charge in [0.1, 0.15) is 0 Å². The maximum atomic E-state index is 5.34. The molecule has 0 spiro atoms. The normalized spacial score (nSPS) is 10.4. The van der Waals surface area contributed by atoms with Crippen molar-refractivity contribution in [3.05, 3.63) is 34.4 Å². The molecular weight excluding hydrogens is 238 g/mol. The minimum Gasteiger partial charge on any atom is -0.346 e. The lowest BCUT2D eigenvalue weighted by Gasteiger charge is -1.99. The molecule has 1 nitrogen and oxygen atoms in total. The van der Waals surface area contributed by atoms with E-state index in [9.17, 15) is 0 Å². The van der Waals surface area contributed by atoms with Crippen molar-refractivity contribution in [2.45, 2.75) is 6.42 Å². The molecular formula is C12H10BrN. The van der Waals surface area contributed by atoms with Crippen LogP contribution in [0, 0.1) is 12.3 Å². The zero-order chi connectivity index (χ0) is 10.1. The van der Waals surface area contributed by atoms with Crippen LogP contribution in [0.2, 0.25) is 0 Å². The zero-order valence-corrected chi connectivity index (χ0v) is 9.51. The molecule has 0 radical (unpaired) electrons. The first-order valence-corrected chi connectivity index (χ1v) is 5.20. The van der Waals surface area contributed by atoms with E-state index in [0.717, 1.165) is 10.2 Å². The molecule has 1 aromatic carbocycles. The van der Waals surface area contributed by atoms with Crippen LogP contribution in [0.15, 0.2) is 28.7 Å². The summed E-state index contributed by atoms with van der Waals surface area (Å²) in [6.07, 6.45) is 5.99. The minimum absolute atomic E-state index is 0.658. The molecule has 14 heavy (non-hydrogen) atoms. The van der Waals surface area contributed by atoms with E-state index in [-0.39, 0.29) is 0 Å². The minimum atomic E-state index is 0.658. The second-order valence-corrected chi connectivity index (χ2v) is 4.01. The molecule has 1 heterocycles. The number of benzene rings is 1. The van der Waals surface area contributed by atoms with E-state index in [1.54, 1.807) is 0 Å². The van der Waals surface area contributed by atoms with Crippen molar-refractivity contribution < 1.29 is 0 Å². The van der Waals surface area contributed by atoms with Crippen molar-refractivity contribution in [3.63, 3.8) is 0 Å². The number of para-hydroxylation sites is 1. The van der Waals surface area contributed by atoms with Gasteiger partial charge in [-0.3, -0.25) is 0 Å². The first-order valence-electron chi connectivity index (χ1n) is 4.41. The van der Waals surface area contributed by atoms with E-state index in [1.165, 1.54) is 10.9 Å². The number of halogens is 1. The highest BCUT2D eigenvalue weighted by molar-refractivity contribution is 9.10. The van der Waals surface area contributed by atoms with Gasteiger partial charge in [-0.05, 0) is 22.0 Å². The molecule has 0 saturated heterocycles. The van der Waals surface area contributed by atoms with Crippen LogP contribution in [0.25, 0.3) is 10.9 Å². The third-order valence-electron chi connectivity index (χ3n) is 2.43. The Morgan fingerprint density at radius 2 is 2.14 bits per heavy atom. The van der Waals surface area contributed by atoms with E-state index < -0.39 is 0 Å². The van der Waals surface area contributed by atoms with E-state index >= 15 is 0 Å². The predicted octanol–water partition coefficient (Wildman–Crippen LogP) is 3.12. The Morgan fingerprint density at radius 1 is 1.43 bits per heavy atom. The van der Waals surface area contributed by atoms with Crippen LogP contribution >= 0.6 is 15.9 Å². The SMILES string of the molecule is C#CCc1c(Br)c2ccccc2n1C. The van der Waals surface area contributed by atoms with Crippen molar-refractivity contribution in [2.24, 2.45) is 7.05 Å². The van der Waals surface area contributed by atoms with Gasteiger partial charge >= 0.3 is 0 Å². The lowest BCUT2D eigenvalue weighted by molar-refractivity contribution is 0.891. The summed E-state index contributed by atoms with van der Waals surface area (Å²) < 4.78 is 3.26. The number of hydrogen-bond donors (Lipinski definition) is 0. The Balaban J connectivity index is 2.80. The summed E-state index contributed by atoms with van der Waals surface area (Å²) in [6, 6.07) is 8.26. The van der Waals surface area contributed by atoms with Gasteiger partial charge in [-0.1, -0.05) is 18.2 Å². The van der Waals surface area contributed by atoms with Crippen molar-refractivity contribution >= 4 is 26.8 Å². The van der Waals surface area contributed by atoms with Crippen molar-refractivity contribution in [1.29, 1.82) is 0 Å². The standard InChI is InChI=1S/C12H10BrN/c1-3-6-11-12(13)9-7-4-5-8-10(9)14(11)2/h1,4-5,7-8H,6H2,2H3. The average Bonchev–Trinajstić information content (AvgIpc) is 2.45. The Bertz CT molecular complexity index is 478. The third-order valence-corrected chi connectivity index (χ3v) is 3.31. The van der Waals surface area contributed by atoms with Crippen LogP contribution in [0.3, 0.4) is 0 Å². The maximum absolute atomic E-state index is 5.34. The van der Waals surface area contributed by atoms with Crippen molar-refractivity contribution in [1.82, 2.24) is 4.57 Å². The molecule has 0 aliphatic heterocycles. The molecule has 0 aliphatic carbocycles. The number of aromatic nitrogens is 1. The Morgan fingerprint density at radius 3 is 2.79 bits per heavy atom. The van der Waals surface area contributed by atoms with Gasteiger partial charge < -0.3 is 4.57 Å². The molecule has 2 heteroatoms. The summed E-state index contributed by atoms with van der Waals surface area (Å²) in [5.41, 5.74) is 2.37. The van der Waals surface area contributed by atoms with E-state index in [1.807, 2.05) is 19.2 Å². The van der Waals surface area contributed by atoms with Crippen molar-refractivity contribution in [3.8, 4) is 12.3 Å². The average molecular weight is 248 g/mol. The molecule has 0 aliphatic rings. The summed E-state index contributed by atoms with van der Waals surface area (Å²) in [4.78, 5) is 0. The number of aryl methyl sites for hydroxylation is 1. The second-order valence-electron chi connectivity index (χ2n) is 3.22. The van der Waals surface area contributed by atoms with Gasteiger partial charge in [-0.15, -0.1) is 12.3 Å². The fourth-order valence-electron chi connectivity index (χ4n) is 1.69. The number of hydrogen-bond acceptors (Lipinski definition) is 0. The van der Waals surface area contributed by atoms with Crippen LogP contribution in [0.5, 0.6) is 0 Å². The Labute approximate surface area is 91.9 Å². The lowest BCUT2D eigenvalue weighted by atomic mass is 10.2. The van der Waals surface area contributed by atoms with Crippen LogP contribution in [-0.4, -0.2) is 4.57 Å². The van der Waals surface area contributed by atoms with Crippen LogP contribution in [0.4, 0.5) is 0 Å². The molecule has 0 unspecified atom stereocenters. The molecule has 0 bridgehead atoms. The molecule has 0 amide bonds. The lowest BCUT2D eigenvalue weighted by Crippen LogP contribution is -1.94. The predicted molar refractivity (Wildman–Crippen MR) is 63.2 cm³/mol. The van der Waals surface area contributed by atoms with Gasteiger partial charge in [-0.2, -0.15) is 0 Å². The summed E-state index contributed by atoms with van der Waals surface area (Å²) in [6.45, 7) is 0. The molecule has 70 valence electrons.